The van der Waals surface area contributed by atoms with Crippen LogP contribution in [-0.2, 0) is 0 Å². The molecule has 0 aromatic heterocycles. The molecule has 1 heterocycles. The summed E-state index contributed by atoms with van der Waals surface area (Å²) in [7, 11) is 17.0. The first-order valence-electron chi connectivity index (χ1n) is 7.12. The summed E-state index contributed by atoms with van der Waals surface area (Å²) in [6, 6.07) is 3.40. The number of hydrogen-bond acceptors (Lipinski definition) is 1. The van der Waals surface area contributed by atoms with Gasteiger partial charge in [-0.1, -0.05) is 46.4 Å². The highest BCUT2D eigenvalue weighted by Gasteiger charge is 2.56. The van der Waals surface area contributed by atoms with E-state index in [0.717, 1.165) is 5.69 Å². The van der Waals surface area contributed by atoms with E-state index >= 15 is 0 Å². The SMILES string of the molecule is CC1C(C)(C)N=[N+](c2c(Cl)cc(Cl)cc2Cl)C1(C)C.[Cl][Al-]([Cl])([Cl])[Cl]. The van der Waals surface area contributed by atoms with Gasteiger partial charge in [0.25, 0.3) is 5.69 Å². The van der Waals surface area contributed by atoms with Crippen LogP contribution < -0.4 is 0 Å². The predicted octanol–water partition coefficient (Wildman–Crippen LogP) is 8.33. The summed E-state index contributed by atoms with van der Waals surface area (Å²) < 4.78 is 1.94. The summed E-state index contributed by atoms with van der Waals surface area (Å²) in [6.45, 7) is 10.7. The van der Waals surface area contributed by atoms with Gasteiger partial charge in [0.15, 0.2) is 5.54 Å². The summed E-state index contributed by atoms with van der Waals surface area (Å²) in [4.78, 5) is 0. The zero-order chi connectivity index (χ0) is 19.1. The number of halogens is 7. The molecule has 1 aliphatic rings. The molecule has 0 radical (unpaired) electrons. The average molecular weight is 489 g/mol. The standard InChI is InChI=1S/C14H18Cl3N2.Al.4ClH/c1-8-13(2,3)18-19(14(8,4)5)12-10(16)6-9(15)7-11(12)17;;;;;/h6-8H,1-5H3;;4*1H/q+1;+3;;;;/p-4. The van der Waals surface area contributed by atoms with Gasteiger partial charge in [0.05, 0.1) is 5.92 Å². The number of nitrogens with zero attached hydrogens (tertiary/aromatic N) is 2. The van der Waals surface area contributed by atoms with Crippen molar-refractivity contribution in [2.24, 2.45) is 11.0 Å². The first kappa shape index (κ1) is 23.4. The highest BCUT2D eigenvalue weighted by Crippen LogP contribution is 2.47. The molecule has 1 unspecified atom stereocenters. The molecular formula is C14H18AlCl7N2. The Morgan fingerprint density at radius 3 is 1.62 bits per heavy atom. The van der Waals surface area contributed by atoms with Crippen LogP contribution in [0.1, 0.15) is 34.6 Å². The van der Waals surface area contributed by atoms with Crippen molar-refractivity contribution in [1.29, 1.82) is 0 Å². The maximum Gasteiger partial charge on any atom is 0.564 e. The molecule has 0 fully saturated rings. The Balaban J connectivity index is 0.000000505. The van der Waals surface area contributed by atoms with Crippen LogP contribution in [0.15, 0.2) is 17.2 Å². The van der Waals surface area contributed by atoms with Gasteiger partial charge in [-0.2, -0.15) is 0 Å². The normalized spacial score (nSPS) is 21.8. The van der Waals surface area contributed by atoms with Crippen LogP contribution in [0, 0.1) is 5.92 Å². The molecule has 0 amide bonds. The van der Waals surface area contributed by atoms with E-state index in [1.165, 1.54) is 0 Å². The minimum Gasteiger partial charge on any atom is -0.391 e. The summed E-state index contributed by atoms with van der Waals surface area (Å²) >= 11 is 18.6. The third-order valence-corrected chi connectivity index (χ3v) is 5.01. The van der Waals surface area contributed by atoms with Gasteiger partial charge < -0.3 is 40.2 Å². The Hall–Kier alpha value is 1.38. The van der Waals surface area contributed by atoms with E-state index in [0.29, 0.717) is 21.0 Å². The van der Waals surface area contributed by atoms with Gasteiger partial charge in [0.2, 0.25) is 0 Å². The van der Waals surface area contributed by atoms with E-state index in [1.54, 1.807) is 12.1 Å². The van der Waals surface area contributed by atoms with Gasteiger partial charge in [0.1, 0.15) is 15.6 Å². The van der Waals surface area contributed by atoms with Crippen molar-refractivity contribution < 1.29 is 4.70 Å². The maximum absolute atomic E-state index is 6.31. The molecule has 0 spiro atoms. The minimum atomic E-state index is -2.94. The van der Waals surface area contributed by atoms with E-state index in [-0.39, 0.29) is 11.1 Å². The number of benzene rings is 1. The third-order valence-electron chi connectivity index (χ3n) is 4.22. The Morgan fingerprint density at radius 1 is 0.958 bits per heavy atom. The molecule has 10 heteroatoms. The Morgan fingerprint density at radius 2 is 1.33 bits per heavy atom. The van der Waals surface area contributed by atoms with E-state index in [1.807, 2.05) is 4.70 Å². The lowest BCUT2D eigenvalue weighted by atomic mass is 9.78. The van der Waals surface area contributed by atoms with E-state index in [4.69, 9.17) is 80.1 Å². The Kier molecular flexibility index (Phi) is 7.98. The monoisotopic (exact) mass is 486 g/mol. The van der Waals surface area contributed by atoms with Crippen LogP contribution in [0.4, 0.5) is 5.69 Å². The highest BCUT2D eigenvalue weighted by molar-refractivity contribution is 7.81. The summed E-state index contributed by atoms with van der Waals surface area (Å²) in [5.74, 6) is 0.364. The van der Waals surface area contributed by atoms with Gasteiger partial charge in [-0.25, -0.2) is 0 Å². The van der Waals surface area contributed by atoms with Gasteiger partial charge >= 0.3 is 9.39 Å². The van der Waals surface area contributed by atoms with Gasteiger partial charge in [-0.15, -0.1) is 0 Å². The van der Waals surface area contributed by atoms with Crippen molar-refractivity contribution in [1.82, 2.24) is 0 Å². The van der Waals surface area contributed by atoms with E-state index in [9.17, 15) is 0 Å². The molecule has 0 N–H and O–H groups in total. The van der Waals surface area contributed by atoms with Gasteiger partial charge in [0, 0.05) is 18.9 Å². The van der Waals surface area contributed by atoms with Crippen LogP contribution in [0.3, 0.4) is 0 Å². The molecule has 136 valence electrons. The fraction of sp³-hybridized carbons (Fsp3) is 0.571. The summed E-state index contributed by atoms with van der Waals surface area (Å²) in [5.41, 5.74) is 0.413. The molecule has 0 saturated carbocycles. The molecule has 1 aromatic rings. The lowest BCUT2D eigenvalue weighted by molar-refractivity contribution is -0.578. The van der Waals surface area contributed by atoms with Crippen molar-refractivity contribution in [3.8, 4) is 0 Å². The van der Waals surface area contributed by atoms with E-state index < -0.39 is 9.39 Å². The smallest absolute Gasteiger partial charge is 0.391 e. The fourth-order valence-corrected chi connectivity index (χ4v) is 3.57. The molecule has 0 aliphatic carbocycles. The zero-order valence-electron chi connectivity index (χ0n) is 13.8. The number of azo groups is 2. The second kappa shape index (κ2) is 8.17. The van der Waals surface area contributed by atoms with Crippen LogP contribution in [-0.4, -0.2) is 25.2 Å². The lowest BCUT2D eigenvalue weighted by Crippen LogP contribution is -2.40. The zero-order valence-corrected chi connectivity index (χ0v) is 20.3. The van der Waals surface area contributed by atoms with Crippen LogP contribution in [0.2, 0.25) is 15.1 Å². The molecule has 1 atom stereocenters. The first-order chi connectivity index (χ1) is 10.6. The second-order valence-electron chi connectivity index (χ2n) is 6.65. The minimum absolute atomic E-state index is 0.157. The molecule has 2 nitrogen and oxygen atoms in total. The molecule has 24 heavy (non-hydrogen) atoms. The predicted molar refractivity (Wildman–Crippen MR) is 110 cm³/mol. The number of hydrogen-bond donors (Lipinski definition) is 0. The Bertz CT molecular complexity index is 624. The molecular weight excluding hydrogens is 471 g/mol. The molecule has 2 rings (SSSR count). The van der Waals surface area contributed by atoms with Crippen LogP contribution in [0.25, 0.3) is 0 Å². The van der Waals surface area contributed by atoms with Gasteiger partial charge in [-0.05, 0) is 31.1 Å². The van der Waals surface area contributed by atoms with Gasteiger partial charge in [-0.3, -0.25) is 0 Å². The lowest BCUT2D eigenvalue weighted by Gasteiger charge is -2.24. The molecule has 1 aliphatic heterocycles. The number of rotatable bonds is 1. The van der Waals surface area contributed by atoms with Crippen LogP contribution >= 0.6 is 75.0 Å². The van der Waals surface area contributed by atoms with Crippen molar-refractivity contribution in [3.05, 3.63) is 27.2 Å². The molecule has 0 saturated heterocycles. The summed E-state index contributed by atoms with van der Waals surface area (Å²) in [5, 5.41) is 6.38. The fourth-order valence-electron chi connectivity index (χ4n) is 2.60. The second-order valence-corrected chi connectivity index (χ2v) is 20.8. The van der Waals surface area contributed by atoms with Crippen molar-refractivity contribution in [2.45, 2.75) is 45.7 Å². The topological polar surface area (TPSA) is 15.4 Å². The Labute approximate surface area is 177 Å². The largest absolute Gasteiger partial charge is 0.564 e. The molecule has 1 aromatic carbocycles. The first-order valence-corrected chi connectivity index (χ1v) is 15.2. The summed E-state index contributed by atoms with van der Waals surface area (Å²) in [6.07, 6.45) is 0. The van der Waals surface area contributed by atoms with Crippen molar-refractivity contribution >= 4 is 90.1 Å². The van der Waals surface area contributed by atoms with E-state index in [2.05, 4.69) is 34.6 Å². The van der Waals surface area contributed by atoms with Crippen LogP contribution in [0.5, 0.6) is 0 Å². The maximum atomic E-state index is 6.31. The highest BCUT2D eigenvalue weighted by atomic mass is 35.9. The van der Waals surface area contributed by atoms with Crippen molar-refractivity contribution in [2.75, 3.05) is 0 Å². The van der Waals surface area contributed by atoms with Crippen molar-refractivity contribution in [3.63, 3.8) is 0 Å². The average Bonchev–Trinajstić information content (AvgIpc) is 2.47. The third kappa shape index (κ3) is 5.95. The molecule has 0 bridgehead atoms. The quantitative estimate of drug-likeness (QED) is 0.278.